The topological polar surface area (TPSA) is 43.9 Å². The number of benzene rings is 1. The predicted molar refractivity (Wildman–Crippen MR) is 102 cm³/mol. The lowest BCUT2D eigenvalue weighted by molar-refractivity contribution is 0.0625. The van der Waals surface area contributed by atoms with Crippen molar-refractivity contribution in [2.24, 2.45) is 0 Å². The van der Waals surface area contributed by atoms with E-state index < -0.39 is 0 Å². The average Bonchev–Trinajstić information content (AvgIpc) is 3.17. The van der Waals surface area contributed by atoms with Crippen LogP contribution in [0.1, 0.15) is 20.0 Å². The lowest BCUT2D eigenvalue weighted by Gasteiger charge is -2.34. The first-order chi connectivity index (χ1) is 12.0. The number of carbonyl (C=O) groups is 2. The molecular formula is C19H23N3O2S. The Kier molecular flexibility index (Phi) is 5.50. The normalized spacial score (nSPS) is 15.2. The van der Waals surface area contributed by atoms with Crippen LogP contribution >= 0.6 is 11.3 Å². The van der Waals surface area contributed by atoms with Crippen molar-refractivity contribution in [2.45, 2.75) is 0 Å². The number of Topliss-reactive ketones (excluding diaryl/α,β-unsaturated/α-hetero) is 1. The molecule has 1 aromatic heterocycles. The first-order valence-corrected chi connectivity index (χ1v) is 9.28. The van der Waals surface area contributed by atoms with Crippen molar-refractivity contribution in [3.05, 3.63) is 52.2 Å². The van der Waals surface area contributed by atoms with Gasteiger partial charge < -0.3 is 9.80 Å². The molecule has 6 heteroatoms. The van der Waals surface area contributed by atoms with Crippen LogP contribution in [0.15, 0.2) is 41.8 Å². The molecule has 0 atom stereocenters. The van der Waals surface area contributed by atoms with E-state index in [-0.39, 0.29) is 11.7 Å². The van der Waals surface area contributed by atoms with Crippen LogP contribution in [0, 0.1) is 0 Å². The summed E-state index contributed by atoms with van der Waals surface area (Å²) in [7, 11) is 3.93. The lowest BCUT2D eigenvalue weighted by Crippen LogP contribution is -2.49. The molecule has 1 saturated heterocycles. The molecule has 5 nitrogen and oxygen atoms in total. The van der Waals surface area contributed by atoms with Crippen LogP contribution in [-0.2, 0) is 0 Å². The average molecular weight is 357 g/mol. The van der Waals surface area contributed by atoms with E-state index in [9.17, 15) is 9.59 Å². The van der Waals surface area contributed by atoms with E-state index in [0.29, 0.717) is 25.2 Å². The Morgan fingerprint density at radius 2 is 1.84 bits per heavy atom. The minimum atomic E-state index is 0.0629. The molecule has 1 aliphatic heterocycles. The molecule has 0 radical (unpaired) electrons. The van der Waals surface area contributed by atoms with E-state index >= 15 is 0 Å². The molecule has 1 aliphatic rings. The molecule has 0 unspecified atom stereocenters. The van der Waals surface area contributed by atoms with Gasteiger partial charge in [0.15, 0.2) is 5.78 Å². The van der Waals surface area contributed by atoms with Crippen LogP contribution in [0.25, 0.3) is 0 Å². The second-order valence-corrected chi connectivity index (χ2v) is 7.36. The van der Waals surface area contributed by atoms with Crippen molar-refractivity contribution in [2.75, 3.05) is 51.7 Å². The third-order valence-electron chi connectivity index (χ3n) is 4.43. The third kappa shape index (κ3) is 4.27. The second kappa shape index (κ2) is 7.80. The number of ketones is 1. The zero-order chi connectivity index (χ0) is 17.8. The number of thiophene rings is 1. The standard InChI is InChI=1S/C19H23N3O2S/c1-20(2)16-6-3-5-15(13-16)19(24)22-10-8-21(9-11-22)14-17(23)18-7-4-12-25-18/h3-7,12-13H,8-11,14H2,1-2H3. The molecular weight excluding hydrogens is 334 g/mol. The molecule has 0 N–H and O–H groups in total. The summed E-state index contributed by atoms with van der Waals surface area (Å²) in [5.41, 5.74) is 1.74. The maximum Gasteiger partial charge on any atom is 0.254 e. The molecule has 1 fully saturated rings. The molecule has 3 rings (SSSR count). The fourth-order valence-corrected chi connectivity index (χ4v) is 3.58. The van der Waals surface area contributed by atoms with Crippen molar-refractivity contribution in [3.63, 3.8) is 0 Å². The SMILES string of the molecule is CN(C)c1cccc(C(=O)N2CCN(CC(=O)c3cccs3)CC2)c1. The Hall–Kier alpha value is -2.18. The molecule has 1 amide bonds. The summed E-state index contributed by atoms with van der Waals surface area (Å²) in [6.45, 7) is 3.20. The molecule has 0 bridgehead atoms. The van der Waals surface area contributed by atoms with Gasteiger partial charge in [0.2, 0.25) is 0 Å². The van der Waals surface area contributed by atoms with Gasteiger partial charge in [-0.25, -0.2) is 0 Å². The van der Waals surface area contributed by atoms with Crippen LogP contribution < -0.4 is 4.90 Å². The van der Waals surface area contributed by atoms with Gasteiger partial charge in [0.1, 0.15) is 0 Å². The van der Waals surface area contributed by atoms with E-state index in [0.717, 1.165) is 23.7 Å². The summed E-state index contributed by atoms with van der Waals surface area (Å²) in [6, 6.07) is 11.5. The summed E-state index contributed by atoms with van der Waals surface area (Å²) in [4.78, 5) is 31.7. The zero-order valence-electron chi connectivity index (χ0n) is 14.6. The fraction of sp³-hybridized carbons (Fsp3) is 0.368. The van der Waals surface area contributed by atoms with Crippen LogP contribution in [0.3, 0.4) is 0 Å². The first-order valence-electron chi connectivity index (χ1n) is 8.40. The van der Waals surface area contributed by atoms with Crippen molar-refractivity contribution >= 4 is 28.7 Å². The number of hydrogen-bond donors (Lipinski definition) is 0. The van der Waals surface area contributed by atoms with Gasteiger partial charge in [-0.1, -0.05) is 12.1 Å². The highest BCUT2D eigenvalue weighted by Gasteiger charge is 2.24. The minimum Gasteiger partial charge on any atom is -0.378 e. The maximum atomic E-state index is 12.7. The molecule has 0 saturated carbocycles. The van der Waals surface area contributed by atoms with Crippen molar-refractivity contribution in [3.8, 4) is 0 Å². The smallest absolute Gasteiger partial charge is 0.254 e. The van der Waals surface area contributed by atoms with Crippen LogP contribution in [0.4, 0.5) is 5.69 Å². The number of hydrogen-bond acceptors (Lipinski definition) is 5. The van der Waals surface area contributed by atoms with E-state index in [1.54, 1.807) is 0 Å². The van der Waals surface area contributed by atoms with E-state index in [1.807, 2.05) is 65.7 Å². The molecule has 25 heavy (non-hydrogen) atoms. The summed E-state index contributed by atoms with van der Waals surface area (Å²) in [6.07, 6.45) is 0. The molecule has 2 heterocycles. The highest BCUT2D eigenvalue weighted by molar-refractivity contribution is 7.12. The highest BCUT2D eigenvalue weighted by Crippen LogP contribution is 2.16. The Balaban J connectivity index is 1.56. The van der Waals surface area contributed by atoms with Crippen LogP contribution in [-0.4, -0.2) is 68.3 Å². The third-order valence-corrected chi connectivity index (χ3v) is 5.34. The van der Waals surface area contributed by atoms with Gasteiger partial charge in [-0.3, -0.25) is 14.5 Å². The summed E-state index contributed by atoms with van der Waals surface area (Å²) >= 11 is 1.48. The van der Waals surface area contributed by atoms with E-state index in [2.05, 4.69) is 4.90 Å². The van der Waals surface area contributed by atoms with Crippen molar-refractivity contribution < 1.29 is 9.59 Å². The number of anilines is 1. The highest BCUT2D eigenvalue weighted by atomic mass is 32.1. The number of rotatable bonds is 5. The summed E-state index contributed by atoms with van der Waals surface area (Å²) < 4.78 is 0. The van der Waals surface area contributed by atoms with E-state index in [4.69, 9.17) is 0 Å². The predicted octanol–water partition coefficient (Wildman–Crippen LogP) is 2.45. The molecule has 0 spiro atoms. The first kappa shape index (κ1) is 17.6. The van der Waals surface area contributed by atoms with E-state index in [1.165, 1.54) is 11.3 Å². The monoisotopic (exact) mass is 357 g/mol. The fourth-order valence-electron chi connectivity index (χ4n) is 2.93. The Morgan fingerprint density at radius 1 is 1.08 bits per heavy atom. The van der Waals surface area contributed by atoms with Gasteiger partial charge in [-0.05, 0) is 29.6 Å². The number of nitrogens with zero attached hydrogens (tertiary/aromatic N) is 3. The summed E-state index contributed by atoms with van der Waals surface area (Å²) in [5.74, 6) is 0.224. The van der Waals surface area contributed by atoms with Crippen molar-refractivity contribution in [1.82, 2.24) is 9.80 Å². The Bertz CT molecular complexity index is 735. The Labute approximate surface area is 152 Å². The Morgan fingerprint density at radius 3 is 2.48 bits per heavy atom. The van der Waals surface area contributed by atoms with Crippen LogP contribution in [0.5, 0.6) is 0 Å². The number of amides is 1. The van der Waals surface area contributed by atoms with Gasteiger partial charge in [0.25, 0.3) is 5.91 Å². The molecule has 1 aromatic carbocycles. The number of piperazine rings is 1. The van der Waals surface area contributed by atoms with Gasteiger partial charge in [0, 0.05) is 51.5 Å². The van der Waals surface area contributed by atoms with Gasteiger partial charge in [-0.15, -0.1) is 11.3 Å². The quantitative estimate of drug-likeness (QED) is 0.771. The van der Waals surface area contributed by atoms with Crippen LogP contribution in [0.2, 0.25) is 0 Å². The molecule has 2 aromatic rings. The van der Waals surface area contributed by atoms with Crippen molar-refractivity contribution in [1.29, 1.82) is 0 Å². The van der Waals surface area contributed by atoms with Gasteiger partial charge >= 0.3 is 0 Å². The lowest BCUT2D eigenvalue weighted by atomic mass is 10.1. The van der Waals surface area contributed by atoms with Gasteiger partial charge in [0.05, 0.1) is 11.4 Å². The maximum absolute atomic E-state index is 12.7. The largest absolute Gasteiger partial charge is 0.378 e. The van der Waals surface area contributed by atoms with Gasteiger partial charge in [-0.2, -0.15) is 0 Å². The summed E-state index contributed by atoms with van der Waals surface area (Å²) in [5, 5.41) is 1.92. The second-order valence-electron chi connectivity index (χ2n) is 6.41. The minimum absolute atomic E-state index is 0.0629. The zero-order valence-corrected chi connectivity index (χ0v) is 15.5. The molecule has 132 valence electrons. The number of carbonyl (C=O) groups excluding carboxylic acids is 2. The molecule has 0 aliphatic carbocycles.